The van der Waals surface area contributed by atoms with E-state index in [1.807, 2.05) is 0 Å². The quantitative estimate of drug-likeness (QED) is 0.604. The van der Waals surface area contributed by atoms with E-state index in [9.17, 15) is 9.59 Å². The minimum atomic E-state index is -0.619. The summed E-state index contributed by atoms with van der Waals surface area (Å²) in [6.45, 7) is 4.41. The van der Waals surface area contributed by atoms with Crippen molar-refractivity contribution in [3.8, 4) is 0 Å². The second-order valence-corrected chi connectivity index (χ2v) is 4.95. The number of rotatable bonds is 1. The zero-order valence-electron chi connectivity index (χ0n) is 8.96. The Morgan fingerprint density at radius 2 is 1.87 bits per heavy atom. The van der Waals surface area contributed by atoms with Crippen molar-refractivity contribution >= 4 is 17.8 Å². The normalized spacial score (nSPS) is 28.9. The van der Waals surface area contributed by atoms with Gasteiger partial charge in [-0.25, -0.2) is 4.99 Å². The lowest BCUT2D eigenvalue weighted by Gasteiger charge is -2.15. The summed E-state index contributed by atoms with van der Waals surface area (Å²) in [5.74, 6) is -0.926. The highest BCUT2D eigenvalue weighted by molar-refractivity contribution is 6.45. The molecular weight excluding hydrogens is 194 g/mol. The molecule has 5 heteroatoms. The predicted molar refractivity (Wildman–Crippen MR) is 55.1 cm³/mol. The summed E-state index contributed by atoms with van der Waals surface area (Å²) in [4.78, 5) is 26.1. The smallest absolute Gasteiger partial charge is 0.288 e. The van der Waals surface area contributed by atoms with E-state index < -0.39 is 11.8 Å². The van der Waals surface area contributed by atoms with Crippen LogP contribution in [0.2, 0.25) is 0 Å². The first-order chi connectivity index (χ1) is 6.96. The van der Waals surface area contributed by atoms with Gasteiger partial charge in [0.05, 0.1) is 6.04 Å². The van der Waals surface area contributed by atoms with E-state index in [2.05, 4.69) is 29.5 Å². The van der Waals surface area contributed by atoms with E-state index >= 15 is 0 Å². The van der Waals surface area contributed by atoms with E-state index in [-0.39, 0.29) is 6.04 Å². The molecule has 1 atom stereocenters. The Bertz CT molecular complexity index is 329. The number of carbonyl (C=O) groups is 2. The van der Waals surface area contributed by atoms with Crippen molar-refractivity contribution in [2.24, 2.45) is 10.4 Å². The molecule has 5 nitrogen and oxygen atoms in total. The van der Waals surface area contributed by atoms with Crippen molar-refractivity contribution in [2.45, 2.75) is 39.2 Å². The number of amides is 2. The zero-order chi connectivity index (χ0) is 11.1. The molecule has 0 aromatic heterocycles. The lowest BCUT2D eigenvalue weighted by molar-refractivity contribution is -0.135. The monoisotopic (exact) mass is 209 g/mol. The highest BCUT2D eigenvalue weighted by atomic mass is 16.2. The van der Waals surface area contributed by atoms with Crippen molar-refractivity contribution < 1.29 is 9.59 Å². The summed E-state index contributed by atoms with van der Waals surface area (Å²) in [7, 11) is 0. The Morgan fingerprint density at radius 1 is 1.27 bits per heavy atom. The summed E-state index contributed by atoms with van der Waals surface area (Å²) < 4.78 is 0. The fourth-order valence-electron chi connectivity index (χ4n) is 2.12. The molecule has 2 aliphatic rings. The van der Waals surface area contributed by atoms with Crippen molar-refractivity contribution in [3.63, 3.8) is 0 Å². The topological polar surface area (TPSA) is 70.6 Å². The minimum Gasteiger partial charge on any atom is -0.288 e. The number of hydrogen-bond donors (Lipinski definition) is 2. The van der Waals surface area contributed by atoms with Crippen molar-refractivity contribution in [1.82, 2.24) is 10.6 Å². The summed E-state index contributed by atoms with van der Waals surface area (Å²) in [6.07, 6.45) is 3.15. The molecule has 1 saturated carbocycles. The van der Waals surface area contributed by atoms with Gasteiger partial charge in [-0.3, -0.25) is 20.2 Å². The van der Waals surface area contributed by atoms with E-state index in [4.69, 9.17) is 0 Å². The molecule has 2 fully saturated rings. The van der Waals surface area contributed by atoms with Gasteiger partial charge < -0.3 is 0 Å². The minimum absolute atomic E-state index is 0.216. The van der Waals surface area contributed by atoms with E-state index in [0.29, 0.717) is 11.4 Å². The molecular formula is C10H15N3O2. The lowest BCUT2D eigenvalue weighted by atomic mass is 9.92. The number of hydrogen-bond acceptors (Lipinski definition) is 3. The van der Waals surface area contributed by atoms with Gasteiger partial charge in [0.1, 0.15) is 0 Å². The number of carbonyl (C=O) groups excluding carboxylic acids is 2. The fraction of sp³-hybridized carbons (Fsp3) is 0.700. The molecule has 0 bridgehead atoms. The number of nitrogens with zero attached hydrogens (tertiary/aromatic N) is 1. The molecule has 2 amide bonds. The van der Waals surface area contributed by atoms with Gasteiger partial charge in [-0.2, -0.15) is 0 Å². The van der Waals surface area contributed by atoms with Crippen LogP contribution < -0.4 is 10.6 Å². The Hall–Kier alpha value is -1.39. The predicted octanol–water partition coefficient (Wildman–Crippen LogP) is 0.167. The second-order valence-electron chi connectivity index (χ2n) is 4.95. The van der Waals surface area contributed by atoms with Crippen LogP contribution in [0.5, 0.6) is 0 Å². The molecule has 1 unspecified atom stereocenters. The van der Waals surface area contributed by atoms with Gasteiger partial charge in [0.15, 0.2) is 0 Å². The largest absolute Gasteiger partial charge is 0.316 e. The molecule has 2 rings (SSSR count). The van der Waals surface area contributed by atoms with Crippen molar-refractivity contribution in [1.29, 1.82) is 0 Å². The molecule has 0 aromatic rings. The molecule has 15 heavy (non-hydrogen) atoms. The molecule has 0 spiro atoms. The average molecular weight is 209 g/mol. The maximum atomic E-state index is 10.9. The molecule has 82 valence electrons. The first-order valence-electron chi connectivity index (χ1n) is 5.16. The van der Waals surface area contributed by atoms with Gasteiger partial charge in [-0.15, -0.1) is 0 Å². The maximum Gasteiger partial charge on any atom is 0.316 e. The van der Waals surface area contributed by atoms with Crippen LogP contribution >= 0.6 is 0 Å². The van der Waals surface area contributed by atoms with Gasteiger partial charge in [0.25, 0.3) is 0 Å². The summed E-state index contributed by atoms with van der Waals surface area (Å²) in [6, 6.07) is 0.216. The third-order valence-corrected chi connectivity index (χ3v) is 2.92. The van der Waals surface area contributed by atoms with Crippen LogP contribution in [0.25, 0.3) is 0 Å². The summed E-state index contributed by atoms with van der Waals surface area (Å²) >= 11 is 0. The van der Waals surface area contributed by atoms with Gasteiger partial charge in [-0.05, 0) is 24.7 Å². The Kier molecular flexibility index (Phi) is 2.25. The van der Waals surface area contributed by atoms with Gasteiger partial charge in [-0.1, -0.05) is 13.8 Å². The van der Waals surface area contributed by atoms with Crippen LogP contribution in [0.15, 0.2) is 4.99 Å². The van der Waals surface area contributed by atoms with Crippen LogP contribution in [0.3, 0.4) is 0 Å². The maximum absolute atomic E-state index is 10.9. The molecule has 1 aliphatic carbocycles. The van der Waals surface area contributed by atoms with Crippen molar-refractivity contribution in [2.75, 3.05) is 0 Å². The van der Waals surface area contributed by atoms with Gasteiger partial charge >= 0.3 is 11.8 Å². The SMILES string of the molecule is CC1(C)CCC(N=C2NC(=O)C(=O)N2)C1. The third-order valence-electron chi connectivity index (χ3n) is 2.92. The molecule has 2 N–H and O–H groups in total. The number of aliphatic imine (C=N–C) groups is 1. The molecule has 1 saturated heterocycles. The average Bonchev–Trinajstić information content (AvgIpc) is 2.58. The van der Waals surface area contributed by atoms with Gasteiger partial charge in [0.2, 0.25) is 5.96 Å². The van der Waals surface area contributed by atoms with E-state index in [1.165, 1.54) is 0 Å². The summed E-state index contributed by atoms with van der Waals surface area (Å²) in [5.41, 5.74) is 0.321. The van der Waals surface area contributed by atoms with Crippen molar-refractivity contribution in [3.05, 3.63) is 0 Å². The van der Waals surface area contributed by atoms with Crippen LogP contribution in [0, 0.1) is 5.41 Å². The van der Waals surface area contributed by atoms with E-state index in [1.54, 1.807) is 0 Å². The molecule has 1 aliphatic heterocycles. The zero-order valence-corrected chi connectivity index (χ0v) is 8.96. The van der Waals surface area contributed by atoms with Gasteiger partial charge in [0, 0.05) is 0 Å². The van der Waals surface area contributed by atoms with Crippen LogP contribution in [0.1, 0.15) is 33.1 Å². The molecule has 0 radical (unpaired) electrons. The first-order valence-corrected chi connectivity index (χ1v) is 5.16. The van der Waals surface area contributed by atoms with Crippen LogP contribution in [-0.4, -0.2) is 23.8 Å². The Balaban J connectivity index is 2.01. The second kappa shape index (κ2) is 3.32. The highest BCUT2D eigenvalue weighted by Crippen LogP contribution is 2.38. The van der Waals surface area contributed by atoms with Crippen LogP contribution in [0.4, 0.5) is 0 Å². The molecule has 0 aromatic carbocycles. The number of guanidine groups is 1. The summed E-state index contributed by atoms with van der Waals surface area (Å²) in [5, 5.41) is 4.82. The first kappa shape index (κ1) is 10.1. The standard InChI is InChI=1S/C10H15N3O2/c1-10(2)4-3-6(5-10)11-9-12-7(14)8(15)13-9/h6H,3-5H2,1-2H3,(H2,11,12,13,14,15). The number of nitrogens with one attached hydrogen (secondary N) is 2. The Morgan fingerprint density at radius 3 is 2.33 bits per heavy atom. The fourth-order valence-corrected chi connectivity index (χ4v) is 2.12. The lowest BCUT2D eigenvalue weighted by Crippen LogP contribution is -2.27. The highest BCUT2D eigenvalue weighted by Gasteiger charge is 2.32. The van der Waals surface area contributed by atoms with Crippen LogP contribution in [-0.2, 0) is 9.59 Å². The Labute approximate surface area is 88.3 Å². The third kappa shape index (κ3) is 2.16. The van der Waals surface area contributed by atoms with E-state index in [0.717, 1.165) is 19.3 Å². The molecule has 1 heterocycles.